The lowest BCUT2D eigenvalue weighted by Gasteiger charge is -2.34. The summed E-state index contributed by atoms with van der Waals surface area (Å²) in [6.45, 7) is 5.65. The maximum Gasteiger partial charge on any atom is 0.255 e. The van der Waals surface area contributed by atoms with Gasteiger partial charge in [0.2, 0.25) is 0 Å². The van der Waals surface area contributed by atoms with Crippen LogP contribution >= 0.6 is 0 Å². The molecule has 0 N–H and O–H groups in total. The summed E-state index contributed by atoms with van der Waals surface area (Å²) in [5, 5.41) is 0. The van der Waals surface area contributed by atoms with E-state index < -0.39 is 0 Å². The molecule has 0 aliphatic carbocycles. The van der Waals surface area contributed by atoms with Crippen molar-refractivity contribution in [2.75, 3.05) is 39.3 Å². The first-order valence-electron chi connectivity index (χ1n) is 11.1. The highest BCUT2D eigenvalue weighted by atomic mass is 16.5. The first-order valence-corrected chi connectivity index (χ1v) is 11.1. The SMILES string of the molecule is O=C(c1cccc2c1C(=O)N(CC1CCCO1)C2)N1CCN(Cc2ccccn2)CC1. The second kappa shape index (κ2) is 8.77. The highest BCUT2D eigenvalue weighted by Crippen LogP contribution is 2.28. The van der Waals surface area contributed by atoms with E-state index in [0.29, 0.717) is 37.3 Å². The van der Waals surface area contributed by atoms with Gasteiger partial charge in [0.15, 0.2) is 0 Å². The number of rotatable bonds is 5. The summed E-state index contributed by atoms with van der Waals surface area (Å²) in [6.07, 6.45) is 3.97. The van der Waals surface area contributed by atoms with Gasteiger partial charge in [-0.2, -0.15) is 0 Å². The molecule has 1 atom stereocenters. The fraction of sp³-hybridized carbons (Fsp3) is 0.458. The molecule has 1 aromatic carbocycles. The normalized spacial score (nSPS) is 21.5. The summed E-state index contributed by atoms with van der Waals surface area (Å²) in [5.74, 6) is -0.0788. The summed E-state index contributed by atoms with van der Waals surface area (Å²) in [6, 6.07) is 11.6. The smallest absolute Gasteiger partial charge is 0.255 e. The van der Waals surface area contributed by atoms with Gasteiger partial charge in [0.1, 0.15) is 0 Å². The summed E-state index contributed by atoms with van der Waals surface area (Å²) >= 11 is 0. The Kier molecular flexibility index (Phi) is 5.70. The molecule has 4 heterocycles. The number of carbonyl (C=O) groups is 2. The van der Waals surface area contributed by atoms with Gasteiger partial charge in [-0.3, -0.25) is 19.5 Å². The number of carbonyl (C=O) groups excluding carboxylic acids is 2. The van der Waals surface area contributed by atoms with Crippen molar-refractivity contribution in [2.45, 2.75) is 32.0 Å². The molecule has 3 aliphatic heterocycles. The summed E-state index contributed by atoms with van der Waals surface area (Å²) < 4.78 is 5.71. The van der Waals surface area contributed by atoms with Crippen LogP contribution in [0.4, 0.5) is 0 Å². The van der Waals surface area contributed by atoms with E-state index in [1.807, 2.05) is 46.3 Å². The molecule has 5 rings (SSSR count). The predicted molar refractivity (Wildman–Crippen MR) is 116 cm³/mol. The molecule has 1 aromatic heterocycles. The van der Waals surface area contributed by atoms with E-state index in [1.165, 1.54) is 0 Å². The number of hydrogen-bond donors (Lipinski definition) is 0. The fourth-order valence-electron chi connectivity index (χ4n) is 4.78. The molecule has 7 heteroatoms. The Bertz CT molecular complexity index is 951. The number of nitrogens with zero attached hydrogens (tertiary/aromatic N) is 4. The van der Waals surface area contributed by atoms with Crippen molar-refractivity contribution in [3.63, 3.8) is 0 Å². The van der Waals surface area contributed by atoms with Crippen molar-refractivity contribution in [1.82, 2.24) is 19.7 Å². The van der Waals surface area contributed by atoms with E-state index >= 15 is 0 Å². The summed E-state index contributed by atoms with van der Waals surface area (Å²) in [4.78, 5) is 36.9. The van der Waals surface area contributed by atoms with Crippen molar-refractivity contribution in [2.24, 2.45) is 0 Å². The maximum absolute atomic E-state index is 13.3. The number of fused-ring (bicyclic) bond motifs is 1. The second-order valence-corrected chi connectivity index (χ2v) is 8.55. The van der Waals surface area contributed by atoms with E-state index in [0.717, 1.165) is 50.3 Å². The zero-order valence-electron chi connectivity index (χ0n) is 17.7. The van der Waals surface area contributed by atoms with Crippen LogP contribution in [0.25, 0.3) is 0 Å². The molecule has 1 unspecified atom stereocenters. The number of ether oxygens (including phenoxy) is 1. The Hall–Kier alpha value is -2.77. The Morgan fingerprint density at radius 1 is 1.10 bits per heavy atom. The van der Waals surface area contributed by atoms with Crippen LogP contribution in [0.3, 0.4) is 0 Å². The van der Waals surface area contributed by atoms with Gasteiger partial charge in [-0.05, 0) is 36.6 Å². The lowest BCUT2D eigenvalue weighted by atomic mass is 10.0. The Morgan fingerprint density at radius 3 is 2.71 bits per heavy atom. The number of aromatic nitrogens is 1. The van der Waals surface area contributed by atoms with Gasteiger partial charge in [0.25, 0.3) is 11.8 Å². The van der Waals surface area contributed by atoms with Crippen molar-refractivity contribution in [3.8, 4) is 0 Å². The molecule has 2 fully saturated rings. The van der Waals surface area contributed by atoms with Gasteiger partial charge in [0, 0.05) is 58.6 Å². The summed E-state index contributed by atoms with van der Waals surface area (Å²) in [7, 11) is 0. The molecule has 162 valence electrons. The third-order valence-corrected chi connectivity index (χ3v) is 6.46. The Morgan fingerprint density at radius 2 is 1.97 bits per heavy atom. The quantitative estimate of drug-likeness (QED) is 0.742. The third kappa shape index (κ3) is 4.20. The van der Waals surface area contributed by atoms with Crippen LogP contribution in [0.5, 0.6) is 0 Å². The van der Waals surface area contributed by atoms with E-state index in [9.17, 15) is 9.59 Å². The number of pyridine rings is 1. The molecule has 31 heavy (non-hydrogen) atoms. The van der Waals surface area contributed by atoms with Gasteiger partial charge in [-0.15, -0.1) is 0 Å². The molecule has 0 bridgehead atoms. The third-order valence-electron chi connectivity index (χ3n) is 6.46. The van der Waals surface area contributed by atoms with Gasteiger partial charge in [-0.1, -0.05) is 18.2 Å². The van der Waals surface area contributed by atoms with E-state index in [2.05, 4.69) is 9.88 Å². The van der Waals surface area contributed by atoms with Crippen LogP contribution in [0.1, 0.15) is 44.8 Å². The van der Waals surface area contributed by atoms with E-state index in [1.54, 1.807) is 6.07 Å². The molecule has 2 amide bonds. The minimum atomic E-state index is -0.0401. The van der Waals surface area contributed by atoms with Crippen LogP contribution in [-0.4, -0.2) is 76.9 Å². The van der Waals surface area contributed by atoms with Crippen LogP contribution in [-0.2, 0) is 17.8 Å². The molecule has 2 saturated heterocycles. The fourth-order valence-corrected chi connectivity index (χ4v) is 4.78. The molecular weight excluding hydrogens is 392 g/mol. The van der Waals surface area contributed by atoms with Crippen molar-refractivity contribution in [1.29, 1.82) is 0 Å². The maximum atomic E-state index is 13.3. The average molecular weight is 421 g/mol. The molecule has 0 spiro atoms. The molecule has 7 nitrogen and oxygen atoms in total. The first-order chi connectivity index (χ1) is 15.2. The molecule has 0 saturated carbocycles. The Labute approximate surface area is 182 Å². The number of hydrogen-bond acceptors (Lipinski definition) is 5. The van der Waals surface area contributed by atoms with Crippen molar-refractivity contribution >= 4 is 11.8 Å². The first kappa shape index (κ1) is 20.2. The Balaban J connectivity index is 1.24. The van der Waals surface area contributed by atoms with Crippen LogP contribution in [0.2, 0.25) is 0 Å². The topological polar surface area (TPSA) is 66.0 Å². The lowest BCUT2D eigenvalue weighted by Crippen LogP contribution is -2.48. The lowest BCUT2D eigenvalue weighted by molar-refractivity contribution is 0.0538. The van der Waals surface area contributed by atoms with Crippen LogP contribution in [0, 0.1) is 0 Å². The van der Waals surface area contributed by atoms with E-state index in [4.69, 9.17) is 4.74 Å². The largest absolute Gasteiger partial charge is 0.376 e. The molecule has 3 aliphatic rings. The van der Waals surface area contributed by atoms with Crippen molar-refractivity contribution in [3.05, 3.63) is 65.0 Å². The minimum Gasteiger partial charge on any atom is -0.376 e. The van der Waals surface area contributed by atoms with Gasteiger partial charge in [-0.25, -0.2) is 0 Å². The van der Waals surface area contributed by atoms with E-state index in [-0.39, 0.29) is 17.9 Å². The zero-order chi connectivity index (χ0) is 21.2. The number of amides is 2. The van der Waals surface area contributed by atoms with Gasteiger partial charge < -0.3 is 14.5 Å². The standard InChI is InChI=1S/C24H28N4O3/c29-23(27-12-10-26(11-13-27)16-19-6-1-2-9-25-19)21-8-3-5-18-15-28(24(30)22(18)21)17-20-7-4-14-31-20/h1-3,5-6,8-9,20H,4,7,10-17H2. The molecule has 2 aromatic rings. The predicted octanol–water partition coefficient (Wildman–Crippen LogP) is 2.17. The second-order valence-electron chi connectivity index (χ2n) is 8.55. The van der Waals surface area contributed by atoms with Gasteiger partial charge >= 0.3 is 0 Å². The monoisotopic (exact) mass is 420 g/mol. The highest BCUT2D eigenvalue weighted by molar-refractivity contribution is 6.09. The van der Waals surface area contributed by atoms with Crippen LogP contribution in [0.15, 0.2) is 42.6 Å². The zero-order valence-corrected chi connectivity index (χ0v) is 17.7. The minimum absolute atomic E-state index is 0.0387. The molecule has 0 radical (unpaired) electrons. The van der Waals surface area contributed by atoms with Gasteiger partial charge in [0.05, 0.1) is 22.9 Å². The average Bonchev–Trinajstić information content (AvgIpc) is 3.43. The number of benzene rings is 1. The van der Waals surface area contributed by atoms with Crippen molar-refractivity contribution < 1.29 is 14.3 Å². The molecular formula is C24H28N4O3. The summed E-state index contributed by atoms with van der Waals surface area (Å²) in [5.41, 5.74) is 3.11. The highest BCUT2D eigenvalue weighted by Gasteiger charge is 2.35. The number of piperazine rings is 1. The van der Waals surface area contributed by atoms with Crippen LogP contribution < -0.4 is 0 Å².